The highest BCUT2D eigenvalue weighted by Gasteiger charge is 2.10. The molecule has 1 N–H and O–H groups in total. The summed E-state index contributed by atoms with van der Waals surface area (Å²) in [5.74, 6) is 0.242. The van der Waals surface area contributed by atoms with E-state index < -0.39 is 0 Å². The molecule has 0 heterocycles. The number of halogens is 2. The molecule has 0 saturated carbocycles. The summed E-state index contributed by atoms with van der Waals surface area (Å²) in [5.41, 5.74) is 0.621. The SMILES string of the molecule is CNCc1ccc(OC)c(Br)c1F. The molecular formula is C9H11BrFNO. The van der Waals surface area contributed by atoms with Gasteiger partial charge in [-0.15, -0.1) is 0 Å². The summed E-state index contributed by atoms with van der Waals surface area (Å²) in [6.07, 6.45) is 0. The zero-order chi connectivity index (χ0) is 9.84. The maximum atomic E-state index is 13.5. The van der Waals surface area contributed by atoms with Crippen LogP contribution in [-0.4, -0.2) is 14.2 Å². The minimum absolute atomic E-state index is 0.270. The Labute approximate surface area is 85.2 Å². The van der Waals surface area contributed by atoms with Crippen LogP contribution in [0.15, 0.2) is 16.6 Å². The molecule has 4 heteroatoms. The van der Waals surface area contributed by atoms with Crippen LogP contribution in [0, 0.1) is 5.82 Å². The van der Waals surface area contributed by atoms with Crippen molar-refractivity contribution >= 4 is 15.9 Å². The molecule has 0 unspecified atom stereocenters. The van der Waals surface area contributed by atoms with Crippen molar-refractivity contribution in [3.63, 3.8) is 0 Å². The van der Waals surface area contributed by atoms with Gasteiger partial charge >= 0.3 is 0 Å². The van der Waals surface area contributed by atoms with E-state index in [0.717, 1.165) is 0 Å². The first-order valence-corrected chi connectivity index (χ1v) is 4.65. The minimum Gasteiger partial charge on any atom is -0.495 e. The van der Waals surface area contributed by atoms with Gasteiger partial charge in [-0.1, -0.05) is 6.07 Å². The van der Waals surface area contributed by atoms with Crippen molar-refractivity contribution in [2.24, 2.45) is 0 Å². The highest BCUT2D eigenvalue weighted by atomic mass is 79.9. The van der Waals surface area contributed by atoms with Crippen LogP contribution in [0.25, 0.3) is 0 Å². The molecule has 0 atom stereocenters. The maximum Gasteiger partial charge on any atom is 0.145 e. The van der Waals surface area contributed by atoms with Crippen molar-refractivity contribution in [3.05, 3.63) is 28.0 Å². The second-order valence-electron chi connectivity index (χ2n) is 2.59. The number of rotatable bonds is 3. The lowest BCUT2D eigenvalue weighted by Crippen LogP contribution is -2.07. The third-order valence-corrected chi connectivity index (χ3v) is 2.45. The van der Waals surface area contributed by atoms with E-state index in [0.29, 0.717) is 22.3 Å². The first kappa shape index (κ1) is 10.5. The number of nitrogens with one attached hydrogen (secondary N) is 1. The standard InChI is InChI=1S/C9H11BrFNO/c1-12-5-6-3-4-7(13-2)8(10)9(6)11/h3-4,12H,5H2,1-2H3. The van der Waals surface area contributed by atoms with Gasteiger partial charge in [0.05, 0.1) is 11.6 Å². The van der Waals surface area contributed by atoms with Crippen LogP contribution in [0.5, 0.6) is 5.75 Å². The smallest absolute Gasteiger partial charge is 0.145 e. The Bertz CT molecular complexity index is 304. The number of ether oxygens (including phenoxy) is 1. The molecule has 1 aromatic carbocycles. The van der Waals surface area contributed by atoms with Gasteiger partial charge in [0.25, 0.3) is 0 Å². The normalized spacial score (nSPS) is 10.2. The molecule has 0 radical (unpaired) electrons. The van der Waals surface area contributed by atoms with Crippen LogP contribution >= 0.6 is 15.9 Å². The Morgan fingerprint density at radius 1 is 1.54 bits per heavy atom. The first-order chi connectivity index (χ1) is 6.20. The van der Waals surface area contributed by atoms with E-state index in [-0.39, 0.29) is 5.82 Å². The molecule has 2 nitrogen and oxygen atoms in total. The second-order valence-corrected chi connectivity index (χ2v) is 3.38. The molecule has 0 saturated heterocycles. The average molecular weight is 248 g/mol. The Kier molecular flexibility index (Phi) is 3.69. The number of methoxy groups -OCH3 is 1. The van der Waals surface area contributed by atoms with Crippen molar-refractivity contribution in [1.82, 2.24) is 5.32 Å². The number of hydrogen-bond acceptors (Lipinski definition) is 2. The molecule has 0 bridgehead atoms. The Balaban J connectivity index is 3.07. The van der Waals surface area contributed by atoms with Crippen LogP contribution in [-0.2, 0) is 6.54 Å². The molecule has 0 spiro atoms. The zero-order valence-corrected chi connectivity index (χ0v) is 9.11. The highest BCUT2D eigenvalue weighted by molar-refractivity contribution is 9.10. The predicted molar refractivity (Wildman–Crippen MR) is 53.4 cm³/mol. The van der Waals surface area contributed by atoms with Crippen LogP contribution in [0.3, 0.4) is 0 Å². The van der Waals surface area contributed by atoms with Crippen molar-refractivity contribution in [1.29, 1.82) is 0 Å². The van der Waals surface area contributed by atoms with Gasteiger partial charge in [0.15, 0.2) is 0 Å². The molecule has 1 rings (SSSR count). The number of benzene rings is 1. The molecule has 0 fully saturated rings. The highest BCUT2D eigenvalue weighted by Crippen LogP contribution is 2.29. The molecule has 13 heavy (non-hydrogen) atoms. The van der Waals surface area contributed by atoms with Gasteiger partial charge in [0.1, 0.15) is 11.6 Å². The monoisotopic (exact) mass is 247 g/mol. The second kappa shape index (κ2) is 4.58. The van der Waals surface area contributed by atoms with Gasteiger partial charge in [0, 0.05) is 12.1 Å². The van der Waals surface area contributed by atoms with Crippen LogP contribution in [0.4, 0.5) is 4.39 Å². The van der Waals surface area contributed by atoms with Crippen molar-refractivity contribution in [2.45, 2.75) is 6.54 Å². The van der Waals surface area contributed by atoms with E-state index in [2.05, 4.69) is 21.2 Å². The molecular weight excluding hydrogens is 237 g/mol. The molecule has 0 aromatic heterocycles. The quantitative estimate of drug-likeness (QED) is 0.886. The fraction of sp³-hybridized carbons (Fsp3) is 0.333. The maximum absolute atomic E-state index is 13.5. The van der Waals surface area contributed by atoms with Crippen LogP contribution < -0.4 is 10.1 Å². The van der Waals surface area contributed by atoms with E-state index in [1.165, 1.54) is 7.11 Å². The van der Waals surface area contributed by atoms with Crippen LogP contribution in [0.2, 0.25) is 0 Å². The van der Waals surface area contributed by atoms with E-state index in [1.54, 1.807) is 19.2 Å². The van der Waals surface area contributed by atoms with E-state index in [4.69, 9.17) is 4.74 Å². The Morgan fingerprint density at radius 2 is 2.23 bits per heavy atom. The summed E-state index contributed by atoms with van der Waals surface area (Å²) >= 11 is 3.13. The molecule has 0 aliphatic heterocycles. The Morgan fingerprint density at radius 3 is 2.77 bits per heavy atom. The molecule has 1 aromatic rings. The third-order valence-electron chi connectivity index (χ3n) is 1.71. The van der Waals surface area contributed by atoms with Gasteiger partial charge in [-0.2, -0.15) is 0 Å². The summed E-state index contributed by atoms with van der Waals surface area (Å²) < 4.78 is 18.8. The predicted octanol–water partition coefficient (Wildman–Crippen LogP) is 2.32. The first-order valence-electron chi connectivity index (χ1n) is 3.86. The fourth-order valence-electron chi connectivity index (χ4n) is 1.06. The zero-order valence-electron chi connectivity index (χ0n) is 7.53. The fourth-order valence-corrected chi connectivity index (χ4v) is 1.61. The van der Waals surface area contributed by atoms with Crippen molar-refractivity contribution in [3.8, 4) is 5.75 Å². The van der Waals surface area contributed by atoms with Gasteiger partial charge in [-0.3, -0.25) is 0 Å². The van der Waals surface area contributed by atoms with Gasteiger partial charge < -0.3 is 10.1 Å². The summed E-state index contributed by atoms with van der Waals surface area (Å²) in [4.78, 5) is 0. The van der Waals surface area contributed by atoms with Gasteiger partial charge in [-0.25, -0.2) is 4.39 Å². The van der Waals surface area contributed by atoms with E-state index in [9.17, 15) is 4.39 Å². The largest absolute Gasteiger partial charge is 0.495 e. The third kappa shape index (κ3) is 2.19. The lowest BCUT2D eigenvalue weighted by molar-refractivity contribution is 0.407. The lowest BCUT2D eigenvalue weighted by Gasteiger charge is -2.07. The minimum atomic E-state index is -0.270. The van der Waals surface area contributed by atoms with Crippen molar-refractivity contribution in [2.75, 3.05) is 14.2 Å². The van der Waals surface area contributed by atoms with E-state index in [1.807, 2.05) is 0 Å². The summed E-state index contributed by atoms with van der Waals surface area (Å²) in [5, 5.41) is 2.89. The van der Waals surface area contributed by atoms with Gasteiger partial charge in [0.2, 0.25) is 0 Å². The van der Waals surface area contributed by atoms with Gasteiger partial charge in [-0.05, 0) is 29.0 Å². The molecule has 0 aliphatic carbocycles. The average Bonchev–Trinajstić information content (AvgIpc) is 2.14. The lowest BCUT2D eigenvalue weighted by atomic mass is 10.2. The topological polar surface area (TPSA) is 21.3 Å². The number of hydrogen-bond donors (Lipinski definition) is 1. The summed E-state index contributed by atoms with van der Waals surface area (Å²) in [6.45, 7) is 0.508. The van der Waals surface area contributed by atoms with Crippen molar-refractivity contribution < 1.29 is 9.13 Å². The molecule has 72 valence electrons. The molecule has 0 aliphatic rings. The Hall–Kier alpha value is -0.610. The summed E-state index contributed by atoms with van der Waals surface area (Å²) in [6, 6.07) is 3.44. The molecule has 0 amide bonds. The summed E-state index contributed by atoms with van der Waals surface area (Å²) in [7, 11) is 3.29. The van der Waals surface area contributed by atoms with Crippen LogP contribution in [0.1, 0.15) is 5.56 Å². The van der Waals surface area contributed by atoms with E-state index >= 15 is 0 Å².